The second-order valence-electron chi connectivity index (χ2n) is 3.66. The first kappa shape index (κ1) is 12.3. The van der Waals surface area contributed by atoms with Crippen molar-refractivity contribution in [2.75, 3.05) is 7.11 Å². The van der Waals surface area contributed by atoms with Crippen LogP contribution in [-0.2, 0) is 10.3 Å². The second kappa shape index (κ2) is 4.86. The van der Waals surface area contributed by atoms with Gasteiger partial charge in [-0.3, -0.25) is 0 Å². The molecule has 0 saturated heterocycles. The molecule has 0 aliphatic carbocycles. The maximum absolute atomic E-state index is 5.59. The van der Waals surface area contributed by atoms with Crippen LogP contribution in [0, 0.1) is 11.6 Å². The van der Waals surface area contributed by atoms with Crippen molar-refractivity contribution in [1.29, 1.82) is 0 Å². The molecule has 0 bridgehead atoms. The van der Waals surface area contributed by atoms with E-state index in [1.807, 2.05) is 13.0 Å². The van der Waals surface area contributed by atoms with Crippen LogP contribution in [0.1, 0.15) is 38.2 Å². The molecule has 0 aliphatic rings. The molecule has 0 atom stereocenters. The fourth-order valence-corrected chi connectivity index (χ4v) is 2.03. The lowest BCUT2D eigenvalue weighted by molar-refractivity contribution is -0.0293. The van der Waals surface area contributed by atoms with Crippen molar-refractivity contribution in [2.24, 2.45) is 0 Å². The van der Waals surface area contributed by atoms with E-state index in [0.29, 0.717) is 4.64 Å². The molecule has 0 spiro atoms. The molecule has 1 N–H and O–H groups in total. The standard InChI is InChI=1S/C11H18N2OS/c1-5-11(6-2,14-4)10-12-8(3)7-9(15)13-10/h7H,5-6H2,1-4H3,(H,12,13,15). The molecule has 15 heavy (non-hydrogen) atoms. The Morgan fingerprint density at radius 3 is 2.47 bits per heavy atom. The third kappa shape index (κ3) is 2.44. The third-order valence-electron chi connectivity index (χ3n) is 2.84. The van der Waals surface area contributed by atoms with Crippen molar-refractivity contribution in [2.45, 2.75) is 39.2 Å². The first-order valence-electron chi connectivity index (χ1n) is 5.21. The molecule has 84 valence electrons. The number of nitrogens with one attached hydrogen (secondary N) is 1. The van der Waals surface area contributed by atoms with Crippen molar-refractivity contribution in [3.63, 3.8) is 0 Å². The number of aromatic amines is 1. The normalized spacial score (nSPS) is 11.7. The maximum Gasteiger partial charge on any atom is 0.140 e. The summed E-state index contributed by atoms with van der Waals surface area (Å²) in [5.41, 5.74) is 0.688. The lowest BCUT2D eigenvalue weighted by Crippen LogP contribution is -2.29. The van der Waals surface area contributed by atoms with Gasteiger partial charge in [-0.05, 0) is 25.8 Å². The first-order chi connectivity index (χ1) is 7.07. The summed E-state index contributed by atoms with van der Waals surface area (Å²) in [5, 5.41) is 0. The van der Waals surface area contributed by atoms with Crippen molar-refractivity contribution in [3.05, 3.63) is 22.2 Å². The Labute approximate surface area is 95.9 Å². The number of nitrogens with zero attached hydrogens (tertiary/aromatic N) is 1. The molecule has 0 aromatic carbocycles. The number of H-pyrrole nitrogens is 1. The molecule has 1 aromatic rings. The van der Waals surface area contributed by atoms with E-state index in [4.69, 9.17) is 17.0 Å². The Bertz CT molecular complexity index is 374. The minimum absolute atomic E-state index is 0.334. The molecule has 0 amide bonds. The molecule has 3 nitrogen and oxygen atoms in total. The number of aromatic nitrogens is 2. The van der Waals surface area contributed by atoms with Crippen LogP contribution in [0.3, 0.4) is 0 Å². The summed E-state index contributed by atoms with van der Waals surface area (Å²) in [6, 6.07) is 1.85. The molecule has 0 fully saturated rings. The van der Waals surface area contributed by atoms with E-state index in [0.717, 1.165) is 24.4 Å². The Kier molecular flexibility index (Phi) is 3.99. The molecule has 0 unspecified atom stereocenters. The first-order valence-corrected chi connectivity index (χ1v) is 5.62. The summed E-state index contributed by atoms with van der Waals surface area (Å²) < 4.78 is 6.21. The summed E-state index contributed by atoms with van der Waals surface area (Å²) in [4.78, 5) is 7.59. The third-order valence-corrected chi connectivity index (χ3v) is 3.05. The van der Waals surface area contributed by atoms with Gasteiger partial charge < -0.3 is 9.72 Å². The fourth-order valence-electron chi connectivity index (χ4n) is 1.76. The highest BCUT2D eigenvalue weighted by atomic mass is 32.1. The molecular formula is C11H18N2OS. The zero-order valence-corrected chi connectivity index (χ0v) is 10.6. The summed E-state index contributed by atoms with van der Waals surface area (Å²) in [7, 11) is 1.72. The number of hydrogen-bond donors (Lipinski definition) is 1. The van der Waals surface area contributed by atoms with E-state index < -0.39 is 0 Å². The highest BCUT2D eigenvalue weighted by Gasteiger charge is 2.30. The van der Waals surface area contributed by atoms with Crippen LogP contribution in [0.5, 0.6) is 0 Å². The number of hydrogen-bond acceptors (Lipinski definition) is 3. The Balaban J connectivity index is 3.28. The summed E-state index contributed by atoms with van der Waals surface area (Å²) >= 11 is 5.11. The fraction of sp³-hybridized carbons (Fsp3) is 0.636. The number of methoxy groups -OCH3 is 1. The molecule has 0 saturated carbocycles. The minimum atomic E-state index is -0.334. The molecule has 1 heterocycles. The van der Waals surface area contributed by atoms with Gasteiger partial charge >= 0.3 is 0 Å². The molecule has 0 radical (unpaired) electrons. The average Bonchev–Trinajstić information content (AvgIpc) is 2.20. The van der Waals surface area contributed by atoms with Gasteiger partial charge in [0.1, 0.15) is 16.1 Å². The molecule has 4 heteroatoms. The molecule has 1 rings (SSSR count). The van der Waals surface area contributed by atoms with Gasteiger partial charge in [0, 0.05) is 12.8 Å². The summed E-state index contributed by atoms with van der Waals surface area (Å²) in [5.74, 6) is 0.833. The predicted octanol–water partition coefficient (Wildman–Crippen LogP) is 3.11. The Morgan fingerprint density at radius 1 is 1.47 bits per heavy atom. The van der Waals surface area contributed by atoms with Crippen LogP contribution in [0.2, 0.25) is 0 Å². The van der Waals surface area contributed by atoms with Crippen LogP contribution < -0.4 is 0 Å². The Morgan fingerprint density at radius 2 is 2.07 bits per heavy atom. The van der Waals surface area contributed by atoms with Crippen molar-refractivity contribution in [1.82, 2.24) is 9.97 Å². The van der Waals surface area contributed by atoms with E-state index in [1.165, 1.54) is 0 Å². The second-order valence-corrected chi connectivity index (χ2v) is 4.07. The highest BCUT2D eigenvalue weighted by Crippen LogP contribution is 2.29. The van der Waals surface area contributed by atoms with Crippen molar-refractivity contribution < 1.29 is 4.74 Å². The zero-order valence-electron chi connectivity index (χ0n) is 9.76. The highest BCUT2D eigenvalue weighted by molar-refractivity contribution is 7.71. The quantitative estimate of drug-likeness (QED) is 0.802. The van der Waals surface area contributed by atoms with Gasteiger partial charge in [0.25, 0.3) is 0 Å². The SMILES string of the molecule is CCC(CC)(OC)c1nc(=S)cc(C)[nH]1. The lowest BCUT2D eigenvalue weighted by atomic mass is 9.96. The van der Waals surface area contributed by atoms with Crippen LogP contribution in [0.4, 0.5) is 0 Å². The van der Waals surface area contributed by atoms with Gasteiger partial charge in [0.2, 0.25) is 0 Å². The minimum Gasteiger partial charge on any atom is -0.370 e. The van der Waals surface area contributed by atoms with Gasteiger partial charge in [-0.1, -0.05) is 26.1 Å². The monoisotopic (exact) mass is 226 g/mol. The molecule has 0 aliphatic heterocycles. The predicted molar refractivity (Wildman–Crippen MR) is 63.4 cm³/mol. The average molecular weight is 226 g/mol. The van der Waals surface area contributed by atoms with E-state index in [-0.39, 0.29) is 5.60 Å². The van der Waals surface area contributed by atoms with Crippen LogP contribution in [0.15, 0.2) is 6.07 Å². The largest absolute Gasteiger partial charge is 0.370 e. The van der Waals surface area contributed by atoms with Gasteiger partial charge in [0.15, 0.2) is 0 Å². The van der Waals surface area contributed by atoms with Gasteiger partial charge in [-0.25, -0.2) is 4.98 Å². The lowest BCUT2D eigenvalue weighted by Gasteiger charge is -2.29. The zero-order chi connectivity index (χ0) is 11.5. The van der Waals surface area contributed by atoms with Crippen molar-refractivity contribution in [3.8, 4) is 0 Å². The van der Waals surface area contributed by atoms with Gasteiger partial charge in [-0.15, -0.1) is 0 Å². The summed E-state index contributed by atoms with van der Waals surface area (Å²) in [6.07, 6.45) is 1.75. The smallest absolute Gasteiger partial charge is 0.140 e. The molecular weight excluding hydrogens is 208 g/mol. The summed E-state index contributed by atoms with van der Waals surface area (Å²) in [6.45, 7) is 6.16. The molecule has 1 aromatic heterocycles. The van der Waals surface area contributed by atoms with E-state index in [2.05, 4.69) is 23.8 Å². The van der Waals surface area contributed by atoms with Gasteiger partial charge in [0.05, 0.1) is 0 Å². The van der Waals surface area contributed by atoms with Crippen molar-refractivity contribution >= 4 is 12.2 Å². The van der Waals surface area contributed by atoms with Crippen LogP contribution >= 0.6 is 12.2 Å². The van der Waals surface area contributed by atoms with Crippen LogP contribution in [-0.4, -0.2) is 17.1 Å². The number of aryl methyl sites for hydroxylation is 1. The number of ether oxygens (including phenoxy) is 1. The van der Waals surface area contributed by atoms with E-state index in [9.17, 15) is 0 Å². The Hall–Kier alpha value is -0.740. The van der Waals surface area contributed by atoms with Crippen LogP contribution in [0.25, 0.3) is 0 Å². The number of rotatable bonds is 4. The van der Waals surface area contributed by atoms with Gasteiger partial charge in [-0.2, -0.15) is 0 Å². The topological polar surface area (TPSA) is 37.9 Å². The maximum atomic E-state index is 5.59. The van der Waals surface area contributed by atoms with E-state index >= 15 is 0 Å². The van der Waals surface area contributed by atoms with E-state index in [1.54, 1.807) is 7.11 Å².